The van der Waals surface area contributed by atoms with E-state index in [1.54, 1.807) is 6.20 Å². The summed E-state index contributed by atoms with van der Waals surface area (Å²) in [4.78, 5) is 3.58. The molecule has 0 spiro atoms. The molecule has 0 aromatic carbocycles. The van der Waals surface area contributed by atoms with E-state index in [-0.39, 0.29) is 0 Å². The van der Waals surface area contributed by atoms with Gasteiger partial charge in [0.05, 0.1) is 0 Å². The predicted molar refractivity (Wildman–Crippen MR) is 60.8 cm³/mol. The van der Waals surface area contributed by atoms with Crippen molar-refractivity contribution < 1.29 is 0 Å². The van der Waals surface area contributed by atoms with Gasteiger partial charge in [-0.2, -0.15) is 0 Å². The molecule has 0 N–H and O–H groups in total. The Hall–Kier alpha value is -0.850. The largest absolute Gasteiger partial charge is 0.272 e. The number of hydrogen-bond acceptors (Lipinski definition) is 1. The molecule has 0 atom stereocenters. The molecule has 0 aliphatic rings. The molecule has 0 rings (SSSR count). The zero-order valence-corrected chi connectivity index (χ0v) is 9.44. The summed E-state index contributed by atoms with van der Waals surface area (Å²) in [5, 5.41) is 0. The van der Waals surface area contributed by atoms with Crippen molar-refractivity contribution in [3.8, 4) is 0 Å². The molecule has 1 heteroatoms. The first-order valence-corrected chi connectivity index (χ1v) is 4.47. The van der Waals surface area contributed by atoms with Crippen molar-refractivity contribution in [3.63, 3.8) is 0 Å². The van der Waals surface area contributed by atoms with Gasteiger partial charge in [0.2, 0.25) is 0 Å². The molecule has 0 saturated heterocycles. The maximum Gasteiger partial charge on any atom is 0.0292 e. The number of rotatable bonds is 2. The van der Waals surface area contributed by atoms with Crippen molar-refractivity contribution in [1.82, 2.24) is 0 Å². The van der Waals surface area contributed by atoms with Crippen molar-refractivity contribution >= 4 is 6.72 Å². The van der Waals surface area contributed by atoms with Gasteiger partial charge < -0.3 is 0 Å². The second kappa shape index (κ2) is 16.6. The summed E-state index contributed by atoms with van der Waals surface area (Å²) < 4.78 is 0. The minimum atomic E-state index is 1.04. The third-order valence-electron chi connectivity index (χ3n) is 0.958. The van der Waals surface area contributed by atoms with Crippen LogP contribution in [0.5, 0.6) is 0 Å². The Morgan fingerprint density at radius 1 is 1.08 bits per heavy atom. The molecule has 0 unspecified atom stereocenters. The van der Waals surface area contributed by atoms with Gasteiger partial charge in [-0.1, -0.05) is 39.8 Å². The van der Waals surface area contributed by atoms with E-state index in [2.05, 4.69) is 18.3 Å². The van der Waals surface area contributed by atoms with Crippen LogP contribution < -0.4 is 0 Å². The van der Waals surface area contributed by atoms with Crippen LogP contribution in [0.1, 0.15) is 41.5 Å². The van der Waals surface area contributed by atoms with Crippen LogP contribution >= 0.6 is 0 Å². The van der Waals surface area contributed by atoms with E-state index < -0.39 is 0 Å². The van der Waals surface area contributed by atoms with Crippen LogP contribution in [0, 0.1) is 0 Å². The van der Waals surface area contributed by atoms with Crippen molar-refractivity contribution in [2.75, 3.05) is 0 Å². The predicted octanol–water partition coefficient (Wildman–Crippen LogP) is 4.22. The average Bonchev–Trinajstić information content (AvgIpc) is 2.12. The maximum atomic E-state index is 3.72. The fraction of sp³-hybridized carbons (Fsp3) is 0.545. The lowest BCUT2D eigenvalue weighted by molar-refractivity contribution is 1.33. The van der Waals surface area contributed by atoms with Gasteiger partial charge in [0.1, 0.15) is 0 Å². The molecule has 0 heterocycles. The number of aliphatic imine (C=N–C) groups is 1. The normalized spacial score (nSPS) is 8.33. The molecular weight excluding hydrogens is 146 g/mol. The van der Waals surface area contributed by atoms with Crippen LogP contribution in [0.2, 0.25) is 0 Å². The molecule has 0 amide bonds. The van der Waals surface area contributed by atoms with Crippen LogP contribution in [0.4, 0.5) is 0 Å². The van der Waals surface area contributed by atoms with E-state index in [0.29, 0.717) is 0 Å². The van der Waals surface area contributed by atoms with Crippen molar-refractivity contribution in [3.05, 3.63) is 23.9 Å². The highest BCUT2D eigenvalue weighted by atomic mass is 14.6. The standard InChI is InChI=1S/C7H11N.2C2H6/c1-6(2)7(3)5-8-4;2*1-2/h5H,1,4H2,2-3H3;2*1-2H3/b7-5-;;. The van der Waals surface area contributed by atoms with Gasteiger partial charge in [0.15, 0.2) is 0 Å². The summed E-state index contributed by atoms with van der Waals surface area (Å²) in [6.07, 6.45) is 1.70. The Balaban J connectivity index is -0.000000175. The van der Waals surface area contributed by atoms with Crippen molar-refractivity contribution in [2.24, 2.45) is 4.99 Å². The quantitative estimate of drug-likeness (QED) is 0.433. The summed E-state index contributed by atoms with van der Waals surface area (Å²) in [5.74, 6) is 0. The second-order valence-corrected chi connectivity index (χ2v) is 1.78. The molecule has 0 aliphatic carbocycles. The Kier molecular flexibility index (Phi) is 24.0. The van der Waals surface area contributed by atoms with Crippen molar-refractivity contribution in [1.29, 1.82) is 0 Å². The van der Waals surface area contributed by atoms with E-state index in [0.717, 1.165) is 11.1 Å². The first-order chi connectivity index (χ1) is 5.68. The van der Waals surface area contributed by atoms with E-state index >= 15 is 0 Å². The summed E-state index contributed by atoms with van der Waals surface area (Å²) in [6.45, 7) is 18.9. The van der Waals surface area contributed by atoms with Crippen LogP contribution in [-0.4, -0.2) is 6.72 Å². The van der Waals surface area contributed by atoms with Gasteiger partial charge >= 0.3 is 0 Å². The van der Waals surface area contributed by atoms with Gasteiger partial charge in [-0.05, 0) is 26.1 Å². The minimum absolute atomic E-state index is 1.04. The van der Waals surface area contributed by atoms with E-state index in [9.17, 15) is 0 Å². The average molecular weight is 169 g/mol. The van der Waals surface area contributed by atoms with Gasteiger partial charge in [-0.15, -0.1) is 0 Å². The highest BCUT2D eigenvalue weighted by Crippen LogP contribution is 2.03. The summed E-state index contributed by atoms with van der Waals surface area (Å²) in [6, 6.07) is 0. The molecule has 0 bridgehead atoms. The van der Waals surface area contributed by atoms with E-state index in [1.807, 2.05) is 41.5 Å². The molecule has 0 radical (unpaired) electrons. The van der Waals surface area contributed by atoms with Gasteiger partial charge in [-0.25, -0.2) is 0 Å². The van der Waals surface area contributed by atoms with Crippen LogP contribution in [0.3, 0.4) is 0 Å². The SMILES string of the molecule is C=N/C=C(/C)C(=C)C.CC.CC. The number of allylic oxidation sites excluding steroid dienone is 2. The smallest absolute Gasteiger partial charge is 0.0292 e. The lowest BCUT2D eigenvalue weighted by atomic mass is 10.2. The Labute approximate surface area is 77.9 Å². The molecule has 0 fully saturated rings. The Morgan fingerprint density at radius 3 is 1.50 bits per heavy atom. The third-order valence-corrected chi connectivity index (χ3v) is 0.958. The molecule has 0 aliphatic heterocycles. The molecule has 0 aromatic heterocycles. The fourth-order valence-electron chi connectivity index (χ4n) is 0.247. The zero-order valence-electron chi connectivity index (χ0n) is 9.44. The van der Waals surface area contributed by atoms with Crippen LogP contribution in [0.15, 0.2) is 28.9 Å². The lowest BCUT2D eigenvalue weighted by Crippen LogP contribution is -1.72. The summed E-state index contributed by atoms with van der Waals surface area (Å²) in [5.41, 5.74) is 2.12. The van der Waals surface area contributed by atoms with Crippen LogP contribution in [-0.2, 0) is 0 Å². The maximum absolute atomic E-state index is 3.72. The lowest BCUT2D eigenvalue weighted by Gasteiger charge is -1.92. The van der Waals surface area contributed by atoms with Crippen molar-refractivity contribution in [2.45, 2.75) is 41.5 Å². The van der Waals surface area contributed by atoms with Crippen LogP contribution in [0.25, 0.3) is 0 Å². The molecule has 72 valence electrons. The minimum Gasteiger partial charge on any atom is -0.272 e. The number of hydrogen-bond donors (Lipinski definition) is 0. The first kappa shape index (κ1) is 17.3. The monoisotopic (exact) mass is 169 g/mol. The molecular formula is C11H23N. The van der Waals surface area contributed by atoms with E-state index in [1.165, 1.54) is 0 Å². The second-order valence-electron chi connectivity index (χ2n) is 1.78. The Bertz CT molecular complexity index is 132. The number of nitrogens with zero attached hydrogens (tertiary/aromatic N) is 1. The topological polar surface area (TPSA) is 12.4 Å². The summed E-state index contributed by atoms with van der Waals surface area (Å²) >= 11 is 0. The molecule has 0 aromatic rings. The fourth-order valence-corrected chi connectivity index (χ4v) is 0.247. The first-order valence-electron chi connectivity index (χ1n) is 4.47. The molecule has 0 saturated carbocycles. The van der Waals surface area contributed by atoms with Gasteiger partial charge in [-0.3, -0.25) is 4.99 Å². The summed E-state index contributed by atoms with van der Waals surface area (Å²) in [7, 11) is 0. The highest BCUT2D eigenvalue weighted by molar-refractivity contribution is 5.30. The van der Waals surface area contributed by atoms with E-state index in [4.69, 9.17) is 0 Å². The molecule has 12 heavy (non-hydrogen) atoms. The zero-order chi connectivity index (χ0) is 10.6. The van der Waals surface area contributed by atoms with Gasteiger partial charge in [0, 0.05) is 6.20 Å². The van der Waals surface area contributed by atoms with Gasteiger partial charge in [0.25, 0.3) is 0 Å². The Morgan fingerprint density at radius 2 is 1.42 bits per heavy atom. The molecule has 1 nitrogen and oxygen atoms in total. The third kappa shape index (κ3) is 16.1. The highest BCUT2D eigenvalue weighted by Gasteiger charge is 1.83.